The van der Waals surface area contributed by atoms with Crippen molar-refractivity contribution in [2.24, 2.45) is 5.14 Å². The van der Waals surface area contributed by atoms with Gasteiger partial charge in [0.2, 0.25) is 10.0 Å². The first-order valence-electron chi connectivity index (χ1n) is 10.7. The molecule has 0 fully saturated rings. The summed E-state index contributed by atoms with van der Waals surface area (Å²) in [6, 6.07) is 9.43. The van der Waals surface area contributed by atoms with Gasteiger partial charge in [-0.15, -0.1) is 5.10 Å². The molecule has 182 valence electrons. The number of rotatable bonds is 9. The van der Waals surface area contributed by atoms with E-state index < -0.39 is 15.8 Å². The van der Waals surface area contributed by atoms with Gasteiger partial charge >= 0.3 is 5.97 Å². The molecule has 0 saturated heterocycles. The van der Waals surface area contributed by atoms with E-state index in [1.807, 2.05) is 32.0 Å². The van der Waals surface area contributed by atoms with E-state index in [4.69, 9.17) is 9.88 Å². The summed E-state index contributed by atoms with van der Waals surface area (Å²) in [5.41, 5.74) is 3.16. The summed E-state index contributed by atoms with van der Waals surface area (Å²) < 4.78 is 44.5. The number of aryl methyl sites for hydroxylation is 2. The molecule has 2 N–H and O–H groups in total. The Bertz CT molecular complexity index is 1310. The highest BCUT2D eigenvalue weighted by molar-refractivity contribution is 7.89. The number of carbonyl (C=O) groups excluding carboxylic acids is 1. The molecule has 0 spiro atoms. The molecule has 0 unspecified atom stereocenters. The first kappa shape index (κ1) is 25.5. The molecule has 3 rings (SSSR count). The van der Waals surface area contributed by atoms with Crippen molar-refractivity contribution in [3.05, 3.63) is 70.6 Å². The maximum atomic E-state index is 15.0. The molecule has 1 heterocycles. The van der Waals surface area contributed by atoms with Gasteiger partial charge in [0.25, 0.3) is 0 Å². The predicted molar refractivity (Wildman–Crippen MR) is 124 cm³/mol. The number of primary sulfonamides is 1. The zero-order chi connectivity index (χ0) is 25.0. The molecule has 0 aliphatic rings. The van der Waals surface area contributed by atoms with Gasteiger partial charge in [0.15, 0.2) is 5.82 Å². The van der Waals surface area contributed by atoms with Gasteiger partial charge in [-0.05, 0) is 57.1 Å². The Morgan fingerprint density at radius 1 is 1.21 bits per heavy atom. The van der Waals surface area contributed by atoms with Gasteiger partial charge in [0.1, 0.15) is 17.3 Å². The van der Waals surface area contributed by atoms with E-state index in [0.717, 1.165) is 22.8 Å². The monoisotopic (exact) mass is 489 g/mol. The quantitative estimate of drug-likeness (QED) is 0.458. The van der Waals surface area contributed by atoms with Crippen molar-refractivity contribution in [3.63, 3.8) is 0 Å². The van der Waals surface area contributed by atoms with E-state index in [9.17, 15) is 17.6 Å². The second-order valence-electron chi connectivity index (χ2n) is 8.10. The SMILES string of the molecule is CCOC(=O)CN(C)Cc1nc(Cc2cc(C)ccc2C)n(-c2ccc(S(N)(=O)=O)cc2F)n1. The maximum Gasteiger partial charge on any atom is 0.320 e. The molecule has 0 aliphatic carbocycles. The van der Waals surface area contributed by atoms with Gasteiger partial charge in [-0.25, -0.2) is 27.6 Å². The van der Waals surface area contributed by atoms with Gasteiger partial charge < -0.3 is 4.74 Å². The van der Waals surface area contributed by atoms with Gasteiger partial charge in [-0.3, -0.25) is 9.69 Å². The third kappa shape index (κ3) is 6.25. The Kier molecular flexibility index (Phi) is 7.80. The van der Waals surface area contributed by atoms with Crippen LogP contribution >= 0.6 is 0 Å². The Balaban J connectivity index is 2.01. The molecule has 11 heteroatoms. The summed E-state index contributed by atoms with van der Waals surface area (Å²) in [6.07, 6.45) is 0.373. The summed E-state index contributed by atoms with van der Waals surface area (Å²) in [6.45, 7) is 6.25. The van der Waals surface area contributed by atoms with Crippen molar-refractivity contribution >= 4 is 16.0 Å². The molecule has 0 bridgehead atoms. The van der Waals surface area contributed by atoms with Gasteiger partial charge in [-0.1, -0.05) is 23.8 Å². The second kappa shape index (κ2) is 10.4. The number of halogens is 1. The van der Waals surface area contributed by atoms with Crippen molar-refractivity contribution in [2.75, 3.05) is 20.2 Å². The Labute approximate surface area is 198 Å². The van der Waals surface area contributed by atoms with E-state index in [1.54, 1.807) is 18.9 Å². The molecule has 0 aliphatic heterocycles. The van der Waals surface area contributed by atoms with Crippen LogP contribution in [0.4, 0.5) is 4.39 Å². The number of ether oxygens (including phenoxy) is 1. The van der Waals surface area contributed by atoms with E-state index in [1.165, 1.54) is 16.8 Å². The number of hydrogen-bond acceptors (Lipinski definition) is 7. The van der Waals surface area contributed by atoms with Crippen LogP contribution in [0.15, 0.2) is 41.3 Å². The molecular formula is C23H28FN5O4S. The smallest absolute Gasteiger partial charge is 0.320 e. The van der Waals surface area contributed by atoms with Gasteiger partial charge in [0.05, 0.1) is 24.6 Å². The minimum Gasteiger partial charge on any atom is -0.465 e. The fourth-order valence-corrected chi connectivity index (χ4v) is 4.01. The number of carbonyl (C=O) groups is 1. The lowest BCUT2D eigenvalue weighted by atomic mass is 10.0. The number of esters is 1. The van der Waals surface area contributed by atoms with Crippen LogP contribution in [-0.2, 0) is 32.5 Å². The van der Waals surface area contributed by atoms with E-state index in [2.05, 4.69) is 10.1 Å². The highest BCUT2D eigenvalue weighted by Gasteiger charge is 2.20. The summed E-state index contributed by atoms with van der Waals surface area (Å²) in [5, 5.41) is 9.59. The van der Waals surface area contributed by atoms with E-state index in [0.29, 0.717) is 18.1 Å². The van der Waals surface area contributed by atoms with Crippen LogP contribution in [-0.4, -0.2) is 54.3 Å². The molecule has 0 saturated carbocycles. The van der Waals surface area contributed by atoms with E-state index >= 15 is 0 Å². The highest BCUT2D eigenvalue weighted by Crippen LogP contribution is 2.22. The molecule has 9 nitrogen and oxygen atoms in total. The van der Waals surface area contributed by atoms with Crippen molar-refractivity contribution in [2.45, 2.75) is 38.6 Å². The minimum absolute atomic E-state index is 0.0412. The Hall–Kier alpha value is -3.15. The predicted octanol–water partition coefficient (Wildman–Crippen LogP) is 2.26. The molecule has 3 aromatic rings. The number of hydrogen-bond donors (Lipinski definition) is 1. The zero-order valence-electron chi connectivity index (χ0n) is 19.6. The average molecular weight is 490 g/mol. The average Bonchev–Trinajstić information content (AvgIpc) is 3.11. The van der Waals surface area contributed by atoms with Crippen LogP contribution in [0.5, 0.6) is 0 Å². The molecule has 0 atom stereocenters. The first-order valence-corrected chi connectivity index (χ1v) is 12.2. The molecular weight excluding hydrogens is 461 g/mol. The van der Waals surface area contributed by atoms with Crippen LogP contribution in [0.2, 0.25) is 0 Å². The van der Waals surface area contributed by atoms with Crippen LogP contribution < -0.4 is 5.14 Å². The van der Waals surface area contributed by atoms with Gasteiger partial charge in [-0.2, -0.15) is 0 Å². The summed E-state index contributed by atoms with van der Waals surface area (Å²) in [7, 11) is -2.33. The van der Waals surface area contributed by atoms with E-state index in [-0.39, 0.29) is 36.2 Å². The third-order valence-electron chi connectivity index (χ3n) is 5.16. The minimum atomic E-state index is -4.06. The standard InChI is InChI=1S/C23H28FN5O4S/c1-5-33-23(30)14-28(4)13-21-26-22(11-17-10-15(2)6-7-16(17)3)29(27-21)20-9-8-18(12-19(20)24)34(25,31)32/h6-10,12H,5,11,13-14H2,1-4H3,(H2,25,31,32). The topological polar surface area (TPSA) is 120 Å². The summed E-state index contributed by atoms with van der Waals surface area (Å²) in [4.78, 5) is 17.8. The summed E-state index contributed by atoms with van der Waals surface area (Å²) in [5.74, 6) is -0.327. The number of aromatic nitrogens is 3. The highest BCUT2D eigenvalue weighted by atomic mass is 32.2. The lowest BCUT2D eigenvalue weighted by molar-refractivity contribution is -0.144. The summed E-state index contributed by atoms with van der Waals surface area (Å²) >= 11 is 0. The second-order valence-corrected chi connectivity index (χ2v) is 9.66. The van der Waals surface area contributed by atoms with Crippen LogP contribution in [0.1, 0.15) is 35.3 Å². The lowest BCUT2D eigenvalue weighted by Crippen LogP contribution is -2.27. The zero-order valence-corrected chi connectivity index (χ0v) is 20.4. The number of benzene rings is 2. The molecule has 1 aromatic heterocycles. The molecule has 0 radical (unpaired) electrons. The van der Waals surface area contributed by atoms with Crippen LogP contribution in [0, 0.1) is 19.7 Å². The fraction of sp³-hybridized carbons (Fsp3) is 0.348. The third-order valence-corrected chi connectivity index (χ3v) is 6.07. The molecule has 2 aromatic carbocycles. The molecule has 0 amide bonds. The fourth-order valence-electron chi connectivity index (χ4n) is 3.49. The van der Waals surface area contributed by atoms with Crippen LogP contribution in [0.3, 0.4) is 0 Å². The van der Waals surface area contributed by atoms with Crippen molar-refractivity contribution in [1.29, 1.82) is 0 Å². The number of sulfonamides is 1. The van der Waals surface area contributed by atoms with Crippen molar-refractivity contribution < 1.29 is 22.3 Å². The molecule has 34 heavy (non-hydrogen) atoms. The maximum absolute atomic E-state index is 15.0. The van der Waals surface area contributed by atoms with Crippen LogP contribution in [0.25, 0.3) is 5.69 Å². The number of nitrogens with zero attached hydrogens (tertiary/aromatic N) is 4. The van der Waals surface area contributed by atoms with Crippen molar-refractivity contribution in [1.82, 2.24) is 19.7 Å². The lowest BCUT2D eigenvalue weighted by Gasteiger charge is -2.13. The van der Waals surface area contributed by atoms with Crippen molar-refractivity contribution in [3.8, 4) is 5.69 Å². The Morgan fingerprint density at radius 3 is 2.59 bits per heavy atom. The normalized spacial score (nSPS) is 11.7. The Morgan fingerprint density at radius 2 is 1.94 bits per heavy atom. The number of likely N-dealkylation sites (N-methyl/N-ethyl adjacent to an activating group) is 1. The largest absolute Gasteiger partial charge is 0.465 e. The van der Waals surface area contributed by atoms with Gasteiger partial charge in [0, 0.05) is 6.42 Å². The number of nitrogens with two attached hydrogens (primary N) is 1. The first-order chi connectivity index (χ1) is 16.0.